The Morgan fingerprint density at radius 2 is 2.11 bits per heavy atom. The molecule has 3 aromatic rings. The fraction of sp³-hybridized carbons (Fsp3) is 0.316. The minimum Gasteiger partial charge on any atom is -0.338 e. The summed E-state index contributed by atoms with van der Waals surface area (Å²) in [7, 11) is 0. The van der Waals surface area contributed by atoms with Crippen molar-refractivity contribution >= 4 is 28.3 Å². The summed E-state index contributed by atoms with van der Waals surface area (Å²) >= 11 is 1.28. The SMILES string of the molecule is O=C(Nc1nncs1)[C@H]1CCCN(C(=O)c2cnn(Cc3ccccc3)c2)C1. The molecule has 144 valence electrons. The maximum Gasteiger partial charge on any atom is 0.257 e. The van der Waals surface area contributed by atoms with Crippen molar-refractivity contribution in [2.75, 3.05) is 18.4 Å². The van der Waals surface area contributed by atoms with E-state index in [-0.39, 0.29) is 17.7 Å². The van der Waals surface area contributed by atoms with E-state index in [0.717, 1.165) is 18.4 Å². The molecule has 1 atom stereocenters. The van der Waals surface area contributed by atoms with Crippen LogP contribution >= 0.6 is 11.3 Å². The van der Waals surface area contributed by atoms with Gasteiger partial charge < -0.3 is 10.2 Å². The molecular formula is C19H20N6O2S. The van der Waals surface area contributed by atoms with E-state index in [1.165, 1.54) is 11.3 Å². The zero-order valence-electron chi connectivity index (χ0n) is 15.2. The fourth-order valence-electron chi connectivity index (χ4n) is 3.32. The van der Waals surface area contributed by atoms with Crippen molar-refractivity contribution in [2.24, 2.45) is 5.92 Å². The molecule has 28 heavy (non-hydrogen) atoms. The number of benzene rings is 1. The quantitative estimate of drug-likeness (QED) is 0.714. The lowest BCUT2D eigenvalue weighted by atomic mass is 9.97. The molecule has 0 unspecified atom stereocenters. The van der Waals surface area contributed by atoms with Gasteiger partial charge in [-0.3, -0.25) is 14.3 Å². The summed E-state index contributed by atoms with van der Waals surface area (Å²) in [6.45, 7) is 1.65. The average molecular weight is 396 g/mol. The van der Waals surface area contributed by atoms with Crippen LogP contribution in [0.2, 0.25) is 0 Å². The maximum atomic E-state index is 12.9. The summed E-state index contributed by atoms with van der Waals surface area (Å²) in [4.78, 5) is 27.1. The number of hydrogen-bond donors (Lipinski definition) is 1. The Hall–Kier alpha value is -3.07. The Bertz CT molecular complexity index is 941. The van der Waals surface area contributed by atoms with Crippen LogP contribution in [0.25, 0.3) is 0 Å². The van der Waals surface area contributed by atoms with Gasteiger partial charge in [-0.05, 0) is 18.4 Å². The third-order valence-electron chi connectivity index (χ3n) is 4.74. The summed E-state index contributed by atoms with van der Waals surface area (Å²) < 4.78 is 1.76. The summed E-state index contributed by atoms with van der Waals surface area (Å²) in [6, 6.07) is 9.97. The molecule has 1 aromatic carbocycles. The lowest BCUT2D eigenvalue weighted by Gasteiger charge is -2.31. The first-order valence-corrected chi connectivity index (χ1v) is 9.99. The molecule has 1 fully saturated rings. The third-order valence-corrected chi connectivity index (χ3v) is 5.34. The number of anilines is 1. The number of nitrogens with one attached hydrogen (secondary N) is 1. The smallest absolute Gasteiger partial charge is 0.257 e. The van der Waals surface area contributed by atoms with Crippen LogP contribution < -0.4 is 5.32 Å². The Morgan fingerprint density at radius 1 is 1.25 bits per heavy atom. The largest absolute Gasteiger partial charge is 0.338 e. The molecule has 0 spiro atoms. The van der Waals surface area contributed by atoms with Gasteiger partial charge in [0, 0.05) is 19.3 Å². The van der Waals surface area contributed by atoms with Crippen molar-refractivity contribution in [3.8, 4) is 0 Å². The number of amides is 2. The molecule has 4 rings (SSSR count). The molecule has 1 aliphatic heterocycles. The number of aromatic nitrogens is 4. The summed E-state index contributed by atoms with van der Waals surface area (Å²) in [6.07, 6.45) is 4.90. The molecular weight excluding hydrogens is 376 g/mol. The molecule has 1 N–H and O–H groups in total. The van der Waals surface area contributed by atoms with Gasteiger partial charge in [-0.25, -0.2) is 0 Å². The molecule has 3 heterocycles. The van der Waals surface area contributed by atoms with Crippen molar-refractivity contribution in [1.82, 2.24) is 24.9 Å². The van der Waals surface area contributed by atoms with E-state index >= 15 is 0 Å². The molecule has 1 saturated heterocycles. The molecule has 2 aromatic heterocycles. The highest BCUT2D eigenvalue weighted by Crippen LogP contribution is 2.21. The van der Waals surface area contributed by atoms with Crippen LogP contribution in [0.4, 0.5) is 5.13 Å². The number of piperidine rings is 1. The van der Waals surface area contributed by atoms with Crippen LogP contribution in [0.5, 0.6) is 0 Å². The number of rotatable bonds is 5. The van der Waals surface area contributed by atoms with E-state index in [9.17, 15) is 9.59 Å². The predicted molar refractivity (Wildman–Crippen MR) is 105 cm³/mol. The first kappa shape index (κ1) is 18.3. The zero-order valence-corrected chi connectivity index (χ0v) is 16.0. The van der Waals surface area contributed by atoms with Gasteiger partial charge >= 0.3 is 0 Å². The minimum atomic E-state index is -0.249. The first-order valence-electron chi connectivity index (χ1n) is 9.12. The van der Waals surface area contributed by atoms with Gasteiger partial charge in [0.1, 0.15) is 5.51 Å². The van der Waals surface area contributed by atoms with Crippen molar-refractivity contribution < 1.29 is 9.59 Å². The second-order valence-electron chi connectivity index (χ2n) is 6.74. The first-order chi connectivity index (χ1) is 13.7. The minimum absolute atomic E-state index is 0.0901. The van der Waals surface area contributed by atoms with E-state index in [1.807, 2.05) is 30.3 Å². The van der Waals surface area contributed by atoms with Crippen molar-refractivity contribution in [3.05, 3.63) is 59.4 Å². The Morgan fingerprint density at radius 3 is 2.89 bits per heavy atom. The molecule has 0 radical (unpaired) electrons. The van der Waals surface area contributed by atoms with Crippen molar-refractivity contribution in [1.29, 1.82) is 0 Å². The predicted octanol–water partition coefficient (Wildman–Crippen LogP) is 2.27. The van der Waals surface area contributed by atoms with Crippen molar-refractivity contribution in [3.63, 3.8) is 0 Å². The Kier molecular flexibility index (Phi) is 5.43. The van der Waals surface area contributed by atoms with Gasteiger partial charge in [-0.1, -0.05) is 41.7 Å². The zero-order chi connectivity index (χ0) is 19.3. The van der Waals surface area contributed by atoms with E-state index in [2.05, 4.69) is 20.6 Å². The summed E-state index contributed by atoms with van der Waals surface area (Å²) in [5.41, 5.74) is 3.23. The van der Waals surface area contributed by atoms with Crippen LogP contribution in [-0.4, -0.2) is 49.8 Å². The molecule has 0 aliphatic carbocycles. The van der Waals surface area contributed by atoms with E-state index < -0.39 is 0 Å². The van der Waals surface area contributed by atoms with Gasteiger partial charge in [0.15, 0.2) is 0 Å². The summed E-state index contributed by atoms with van der Waals surface area (Å²) in [5, 5.41) is 15.1. The monoisotopic (exact) mass is 396 g/mol. The molecule has 9 heteroatoms. The Balaban J connectivity index is 1.38. The van der Waals surface area contributed by atoms with Crippen LogP contribution in [0, 0.1) is 5.92 Å². The number of carbonyl (C=O) groups excluding carboxylic acids is 2. The normalized spacial score (nSPS) is 16.7. The van der Waals surface area contributed by atoms with Crippen LogP contribution in [0.15, 0.2) is 48.2 Å². The number of likely N-dealkylation sites (tertiary alicyclic amines) is 1. The lowest BCUT2D eigenvalue weighted by Crippen LogP contribution is -2.43. The number of carbonyl (C=O) groups is 2. The third kappa shape index (κ3) is 4.25. The van der Waals surface area contributed by atoms with E-state index in [4.69, 9.17) is 0 Å². The highest BCUT2D eigenvalue weighted by molar-refractivity contribution is 7.13. The van der Waals surface area contributed by atoms with Crippen LogP contribution in [0.1, 0.15) is 28.8 Å². The van der Waals surface area contributed by atoms with E-state index in [1.54, 1.807) is 27.5 Å². The molecule has 0 bridgehead atoms. The van der Waals surface area contributed by atoms with Crippen molar-refractivity contribution in [2.45, 2.75) is 19.4 Å². The lowest BCUT2D eigenvalue weighted by molar-refractivity contribution is -0.121. The average Bonchev–Trinajstić information content (AvgIpc) is 3.40. The van der Waals surface area contributed by atoms with Crippen LogP contribution in [0.3, 0.4) is 0 Å². The van der Waals surface area contributed by atoms with Gasteiger partial charge in [-0.2, -0.15) is 5.10 Å². The number of nitrogens with zero attached hydrogens (tertiary/aromatic N) is 5. The molecule has 8 nitrogen and oxygen atoms in total. The summed E-state index contributed by atoms with van der Waals surface area (Å²) in [5.74, 6) is -0.456. The van der Waals surface area contributed by atoms with Gasteiger partial charge in [-0.15, -0.1) is 10.2 Å². The fourth-order valence-corrected chi connectivity index (χ4v) is 3.77. The van der Waals surface area contributed by atoms with Gasteiger partial charge in [0.05, 0.1) is 24.2 Å². The second kappa shape index (κ2) is 8.30. The highest BCUT2D eigenvalue weighted by Gasteiger charge is 2.29. The van der Waals surface area contributed by atoms with Gasteiger partial charge in [0.25, 0.3) is 5.91 Å². The molecule has 0 saturated carbocycles. The Labute approximate surface area is 166 Å². The maximum absolute atomic E-state index is 12.9. The standard InChI is InChI=1S/C19H20N6O2S/c26-17(22-19-23-20-13-28-19)15-7-4-8-24(11-15)18(27)16-9-21-25(12-16)10-14-5-2-1-3-6-14/h1-3,5-6,9,12-13,15H,4,7-8,10-11H2,(H,22,23,26)/t15-/m0/s1. The molecule has 1 aliphatic rings. The van der Waals surface area contributed by atoms with E-state index in [0.29, 0.717) is 30.3 Å². The highest BCUT2D eigenvalue weighted by atomic mass is 32.1. The molecule has 2 amide bonds. The van der Waals surface area contributed by atoms with Gasteiger partial charge in [0.2, 0.25) is 11.0 Å². The van der Waals surface area contributed by atoms with Crippen LogP contribution in [-0.2, 0) is 11.3 Å². The second-order valence-corrected chi connectivity index (χ2v) is 7.57. The number of hydrogen-bond acceptors (Lipinski definition) is 6. The topological polar surface area (TPSA) is 93.0 Å².